The first-order valence-corrected chi connectivity index (χ1v) is 13.0. The Hall–Kier alpha value is -3.24. The van der Waals surface area contributed by atoms with Crippen molar-refractivity contribution >= 4 is 49.9 Å². The van der Waals surface area contributed by atoms with E-state index in [9.17, 15) is 4.79 Å². The van der Waals surface area contributed by atoms with Crippen LogP contribution in [0.2, 0.25) is 0 Å². The number of nitrogens with one attached hydrogen (secondary N) is 3. The van der Waals surface area contributed by atoms with Gasteiger partial charge in [-0.05, 0) is 44.4 Å². The van der Waals surface area contributed by atoms with Crippen LogP contribution in [-0.4, -0.2) is 64.3 Å². The predicted molar refractivity (Wildman–Crippen MR) is 140 cm³/mol. The van der Waals surface area contributed by atoms with Gasteiger partial charge in [-0.25, -0.2) is 9.97 Å². The number of carbonyl (C=O) groups is 1. The van der Waals surface area contributed by atoms with E-state index < -0.39 is 0 Å². The summed E-state index contributed by atoms with van der Waals surface area (Å²) in [4.78, 5) is 26.3. The van der Waals surface area contributed by atoms with E-state index in [1.165, 1.54) is 10.4 Å². The summed E-state index contributed by atoms with van der Waals surface area (Å²) in [7, 11) is 1.90. The lowest BCUT2D eigenvalue weighted by Crippen LogP contribution is -2.39. The number of anilines is 2. The number of amides is 1. The van der Waals surface area contributed by atoms with E-state index in [-0.39, 0.29) is 11.8 Å². The molecular weight excluding hydrogens is 462 g/mol. The van der Waals surface area contributed by atoms with Gasteiger partial charge in [-0.2, -0.15) is 5.10 Å². The van der Waals surface area contributed by atoms with Crippen LogP contribution in [0.5, 0.6) is 5.75 Å². The Morgan fingerprint density at radius 2 is 2.20 bits per heavy atom. The smallest absolute Gasteiger partial charge is 0.225 e. The number of fused-ring (bicyclic) bond motifs is 4. The molecule has 184 valence electrons. The summed E-state index contributed by atoms with van der Waals surface area (Å²) in [5.41, 5.74) is 3.02. The number of aromatic amines is 1. The first-order valence-electron chi connectivity index (χ1n) is 12.2. The Bertz CT molecular complexity index is 1350. The molecule has 0 aliphatic heterocycles. The molecular formula is C25H31N7O2S. The molecule has 10 heteroatoms. The van der Waals surface area contributed by atoms with Gasteiger partial charge in [0.15, 0.2) is 0 Å². The van der Waals surface area contributed by atoms with Crippen molar-refractivity contribution in [1.82, 2.24) is 30.4 Å². The molecule has 1 aliphatic carbocycles. The molecule has 5 rings (SSSR count). The van der Waals surface area contributed by atoms with Crippen LogP contribution < -0.4 is 15.4 Å². The fourth-order valence-corrected chi connectivity index (χ4v) is 6.00. The molecule has 3 aromatic heterocycles. The molecule has 35 heavy (non-hydrogen) atoms. The van der Waals surface area contributed by atoms with Crippen molar-refractivity contribution < 1.29 is 9.53 Å². The lowest BCUT2D eigenvalue weighted by Gasteiger charge is -2.27. The molecule has 1 aromatic carbocycles. The minimum atomic E-state index is 0.0135. The van der Waals surface area contributed by atoms with E-state index in [2.05, 4.69) is 37.7 Å². The Kier molecular flexibility index (Phi) is 6.83. The zero-order chi connectivity index (χ0) is 24.4. The number of nitrogens with zero attached hydrogens (tertiary/aromatic N) is 4. The number of carbonyl (C=O) groups excluding carboxylic acids is 1. The molecule has 3 heterocycles. The first kappa shape index (κ1) is 23.5. The Morgan fingerprint density at radius 3 is 3.03 bits per heavy atom. The monoisotopic (exact) mass is 493 g/mol. The van der Waals surface area contributed by atoms with Crippen molar-refractivity contribution in [2.24, 2.45) is 5.92 Å². The second-order valence-corrected chi connectivity index (χ2v) is 9.91. The Morgan fingerprint density at radius 1 is 1.31 bits per heavy atom. The number of aromatic nitrogens is 4. The van der Waals surface area contributed by atoms with Gasteiger partial charge in [-0.15, -0.1) is 11.3 Å². The van der Waals surface area contributed by atoms with Crippen LogP contribution in [0.3, 0.4) is 0 Å². The van der Waals surface area contributed by atoms with E-state index in [1.54, 1.807) is 23.9 Å². The van der Waals surface area contributed by atoms with Crippen LogP contribution in [0.25, 0.3) is 21.1 Å². The highest BCUT2D eigenvalue weighted by Crippen LogP contribution is 2.42. The van der Waals surface area contributed by atoms with Gasteiger partial charge in [-0.3, -0.25) is 9.89 Å². The van der Waals surface area contributed by atoms with Gasteiger partial charge in [-0.1, -0.05) is 6.92 Å². The topological polar surface area (TPSA) is 108 Å². The molecule has 0 saturated heterocycles. The van der Waals surface area contributed by atoms with E-state index in [1.807, 2.05) is 31.0 Å². The fourth-order valence-electron chi connectivity index (χ4n) is 4.73. The van der Waals surface area contributed by atoms with Gasteiger partial charge < -0.3 is 20.3 Å². The minimum Gasteiger partial charge on any atom is -0.492 e. The van der Waals surface area contributed by atoms with Crippen LogP contribution in [0, 0.1) is 5.92 Å². The number of hydrogen-bond acceptors (Lipinski definition) is 8. The summed E-state index contributed by atoms with van der Waals surface area (Å²) in [6.07, 6.45) is 5.83. The number of aryl methyl sites for hydroxylation is 1. The summed E-state index contributed by atoms with van der Waals surface area (Å²) >= 11 is 1.68. The van der Waals surface area contributed by atoms with Crippen LogP contribution in [0.1, 0.15) is 30.7 Å². The van der Waals surface area contributed by atoms with E-state index in [4.69, 9.17) is 4.74 Å². The highest BCUT2D eigenvalue weighted by Gasteiger charge is 2.30. The van der Waals surface area contributed by atoms with E-state index in [0.717, 1.165) is 77.3 Å². The van der Waals surface area contributed by atoms with Crippen molar-refractivity contribution in [1.29, 1.82) is 0 Å². The number of likely N-dealkylation sites (N-methyl/N-ethyl adjacent to an activating group) is 2. The average molecular weight is 494 g/mol. The second kappa shape index (κ2) is 10.2. The Balaban J connectivity index is 1.42. The molecule has 1 unspecified atom stereocenters. The largest absolute Gasteiger partial charge is 0.492 e. The van der Waals surface area contributed by atoms with Gasteiger partial charge in [0.2, 0.25) is 5.91 Å². The highest BCUT2D eigenvalue weighted by atomic mass is 32.1. The van der Waals surface area contributed by atoms with Crippen LogP contribution >= 0.6 is 11.3 Å². The van der Waals surface area contributed by atoms with Crippen molar-refractivity contribution in [2.45, 2.75) is 33.1 Å². The maximum absolute atomic E-state index is 13.1. The standard InChI is InChI=1S/C25H31N7O2S/c1-4-26-8-9-32(3)25(33)15-6-7-17-21(11-15)35-24-22(17)23(27-14-28-24)30-19-10-16-13-29-31-18(16)12-20(19)34-5-2/h10,12-15,26H,4-9,11H2,1-3H3,(H,29,31)(H,27,28,30). The zero-order valence-corrected chi connectivity index (χ0v) is 21.2. The third-order valence-corrected chi connectivity index (χ3v) is 7.70. The van der Waals surface area contributed by atoms with Crippen molar-refractivity contribution in [3.05, 3.63) is 35.1 Å². The predicted octanol–water partition coefficient (Wildman–Crippen LogP) is 3.88. The van der Waals surface area contributed by atoms with Crippen molar-refractivity contribution in [3.63, 3.8) is 0 Å². The number of ether oxygens (including phenoxy) is 1. The van der Waals surface area contributed by atoms with Gasteiger partial charge in [0.05, 0.1) is 29.4 Å². The van der Waals surface area contributed by atoms with Gasteiger partial charge in [0.1, 0.15) is 22.7 Å². The van der Waals surface area contributed by atoms with Crippen molar-refractivity contribution in [2.75, 3.05) is 38.6 Å². The molecule has 4 aromatic rings. The average Bonchev–Trinajstić information content (AvgIpc) is 3.47. The van der Waals surface area contributed by atoms with Crippen molar-refractivity contribution in [3.8, 4) is 5.75 Å². The number of thiophene rings is 1. The maximum atomic E-state index is 13.1. The molecule has 0 fully saturated rings. The molecule has 0 bridgehead atoms. The van der Waals surface area contributed by atoms with Gasteiger partial charge >= 0.3 is 0 Å². The number of H-pyrrole nitrogens is 1. The van der Waals surface area contributed by atoms with Crippen LogP contribution in [0.4, 0.5) is 11.5 Å². The maximum Gasteiger partial charge on any atom is 0.225 e. The van der Waals surface area contributed by atoms with Gasteiger partial charge in [0.25, 0.3) is 0 Å². The van der Waals surface area contributed by atoms with Gasteiger partial charge in [0, 0.05) is 42.4 Å². The lowest BCUT2D eigenvalue weighted by molar-refractivity contribution is -0.134. The summed E-state index contributed by atoms with van der Waals surface area (Å²) < 4.78 is 5.89. The summed E-state index contributed by atoms with van der Waals surface area (Å²) in [6, 6.07) is 3.98. The number of rotatable bonds is 9. The molecule has 0 radical (unpaired) electrons. The zero-order valence-electron chi connectivity index (χ0n) is 20.4. The Labute approximate surface area is 208 Å². The highest BCUT2D eigenvalue weighted by molar-refractivity contribution is 7.19. The minimum absolute atomic E-state index is 0.0135. The molecule has 0 saturated carbocycles. The molecule has 0 spiro atoms. The third-order valence-electron chi connectivity index (χ3n) is 6.54. The lowest BCUT2D eigenvalue weighted by atomic mass is 9.87. The first-order chi connectivity index (χ1) is 17.1. The SMILES string of the molecule is CCNCCN(C)C(=O)C1CCc2c(sc3ncnc(Nc4cc5cn[nH]c5cc4OCC)c23)C1. The summed E-state index contributed by atoms with van der Waals surface area (Å²) in [5, 5.41) is 16.0. The third kappa shape index (κ3) is 4.68. The summed E-state index contributed by atoms with van der Waals surface area (Å²) in [5.74, 6) is 1.75. The quantitative estimate of drug-likeness (QED) is 0.304. The van der Waals surface area contributed by atoms with E-state index >= 15 is 0 Å². The molecule has 1 atom stereocenters. The number of benzene rings is 1. The second-order valence-electron chi connectivity index (χ2n) is 8.82. The van der Waals surface area contributed by atoms with Crippen LogP contribution in [-0.2, 0) is 17.6 Å². The molecule has 9 nitrogen and oxygen atoms in total. The van der Waals surface area contributed by atoms with E-state index in [0.29, 0.717) is 6.61 Å². The summed E-state index contributed by atoms with van der Waals surface area (Å²) in [6.45, 7) is 7.05. The number of hydrogen-bond donors (Lipinski definition) is 3. The fraction of sp³-hybridized carbons (Fsp3) is 0.440. The molecule has 3 N–H and O–H groups in total. The normalized spacial score (nSPS) is 15.3. The molecule has 1 amide bonds. The molecule has 1 aliphatic rings. The van der Waals surface area contributed by atoms with Crippen LogP contribution in [0.15, 0.2) is 24.7 Å².